The molecule has 1 amide bonds. The van der Waals surface area contributed by atoms with Crippen LogP contribution in [0.5, 0.6) is 0 Å². The SMILES string of the molecule is CN1CCC[C@]2(CCN(S(=O)(=O)c3ccc(-c4cnco4)s3)C2)C1=O. The van der Waals surface area contributed by atoms with Gasteiger partial charge in [0.15, 0.2) is 12.2 Å². The molecule has 7 nitrogen and oxygen atoms in total. The van der Waals surface area contributed by atoms with Gasteiger partial charge in [-0.15, -0.1) is 11.3 Å². The maximum absolute atomic E-state index is 13.0. The third-order valence-electron chi connectivity index (χ3n) is 5.12. The molecular weight excluding hydrogens is 362 g/mol. The highest BCUT2D eigenvalue weighted by Crippen LogP contribution is 2.42. The first-order valence-corrected chi connectivity index (χ1v) is 10.4. The van der Waals surface area contributed by atoms with Gasteiger partial charge in [-0.25, -0.2) is 13.4 Å². The van der Waals surface area contributed by atoms with Gasteiger partial charge in [0, 0.05) is 26.7 Å². The van der Waals surface area contributed by atoms with Crippen LogP contribution in [0.4, 0.5) is 0 Å². The molecule has 2 aliphatic heterocycles. The first-order valence-electron chi connectivity index (χ1n) is 8.17. The van der Waals surface area contributed by atoms with Crippen LogP contribution < -0.4 is 0 Å². The van der Waals surface area contributed by atoms with Crippen molar-refractivity contribution in [2.75, 3.05) is 26.7 Å². The minimum Gasteiger partial charge on any atom is -0.443 e. The lowest BCUT2D eigenvalue weighted by molar-refractivity contribution is -0.143. The van der Waals surface area contributed by atoms with Crippen molar-refractivity contribution >= 4 is 27.3 Å². The Morgan fingerprint density at radius 2 is 2.12 bits per heavy atom. The lowest BCUT2D eigenvalue weighted by Gasteiger charge is -2.37. The lowest BCUT2D eigenvalue weighted by Crippen LogP contribution is -2.48. The van der Waals surface area contributed by atoms with Crippen molar-refractivity contribution in [3.63, 3.8) is 0 Å². The molecule has 134 valence electrons. The van der Waals surface area contributed by atoms with Gasteiger partial charge in [-0.05, 0) is 31.4 Å². The normalized spacial score (nSPS) is 25.2. The lowest BCUT2D eigenvalue weighted by atomic mass is 9.78. The molecule has 0 aromatic carbocycles. The zero-order valence-corrected chi connectivity index (χ0v) is 15.5. The number of amides is 1. The van der Waals surface area contributed by atoms with Gasteiger partial charge in [-0.1, -0.05) is 0 Å². The van der Waals surface area contributed by atoms with Crippen LogP contribution in [0, 0.1) is 5.41 Å². The molecule has 0 unspecified atom stereocenters. The quantitative estimate of drug-likeness (QED) is 0.812. The number of hydrogen-bond acceptors (Lipinski definition) is 6. The van der Waals surface area contributed by atoms with Gasteiger partial charge >= 0.3 is 0 Å². The topological polar surface area (TPSA) is 83.7 Å². The van der Waals surface area contributed by atoms with E-state index in [0.29, 0.717) is 18.7 Å². The van der Waals surface area contributed by atoms with Gasteiger partial charge in [0.1, 0.15) is 4.21 Å². The minimum atomic E-state index is -3.61. The number of oxazole rings is 1. The number of carbonyl (C=O) groups is 1. The van der Waals surface area contributed by atoms with E-state index >= 15 is 0 Å². The molecule has 1 spiro atoms. The van der Waals surface area contributed by atoms with E-state index in [9.17, 15) is 13.2 Å². The Morgan fingerprint density at radius 3 is 2.88 bits per heavy atom. The van der Waals surface area contributed by atoms with Crippen molar-refractivity contribution in [2.24, 2.45) is 5.41 Å². The molecule has 2 aromatic rings. The van der Waals surface area contributed by atoms with Crippen LogP contribution in [0.15, 0.2) is 33.3 Å². The average Bonchev–Trinajstić information content (AvgIpc) is 3.32. The molecule has 4 rings (SSSR count). The van der Waals surface area contributed by atoms with Crippen molar-refractivity contribution in [3.05, 3.63) is 24.7 Å². The highest BCUT2D eigenvalue weighted by molar-refractivity contribution is 7.91. The van der Waals surface area contributed by atoms with E-state index in [4.69, 9.17) is 4.42 Å². The zero-order chi connectivity index (χ0) is 17.7. The molecule has 0 aliphatic carbocycles. The summed E-state index contributed by atoms with van der Waals surface area (Å²) in [5.41, 5.74) is -0.551. The monoisotopic (exact) mass is 381 g/mol. The number of sulfonamides is 1. The summed E-state index contributed by atoms with van der Waals surface area (Å²) >= 11 is 1.16. The van der Waals surface area contributed by atoms with Crippen molar-refractivity contribution in [3.8, 4) is 10.6 Å². The predicted molar refractivity (Wildman–Crippen MR) is 92.5 cm³/mol. The summed E-state index contributed by atoms with van der Waals surface area (Å²) in [5.74, 6) is 0.624. The van der Waals surface area contributed by atoms with Crippen LogP contribution in [-0.2, 0) is 14.8 Å². The first-order chi connectivity index (χ1) is 11.9. The summed E-state index contributed by atoms with van der Waals surface area (Å²) in [6, 6.07) is 3.32. The van der Waals surface area contributed by atoms with Gasteiger partial charge < -0.3 is 9.32 Å². The predicted octanol–water partition coefficient (Wildman–Crippen LogP) is 2.04. The molecule has 25 heavy (non-hydrogen) atoms. The standard InChI is InChI=1S/C16H19N3O4S2/c1-18-7-2-5-16(15(18)20)6-8-19(10-16)25(21,22)14-4-3-13(24-14)12-9-17-11-23-12/h3-4,9,11H,2,5-8,10H2,1H3/t16-/m1/s1. The Labute approximate surface area is 150 Å². The fraction of sp³-hybridized carbons (Fsp3) is 0.500. The average molecular weight is 381 g/mol. The van der Waals surface area contributed by atoms with Crippen molar-refractivity contribution in [1.29, 1.82) is 0 Å². The van der Waals surface area contributed by atoms with E-state index in [-0.39, 0.29) is 16.7 Å². The van der Waals surface area contributed by atoms with E-state index in [0.717, 1.165) is 35.6 Å². The summed E-state index contributed by atoms with van der Waals surface area (Å²) in [5, 5.41) is 0. The molecule has 0 bridgehead atoms. The van der Waals surface area contributed by atoms with E-state index < -0.39 is 15.4 Å². The maximum atomic E-state index is 13.0. The van der Waals surface area contributed by atoms with E-state index in [1.165, 1.54) is 10.7 Å². The van der Waals surface area contributed by atoms with Crippen molar-refractivity contribution < 1.29 is 17.6 Å². The zero-order valence-electron chi connectivity index (χ0n) is 13.8. The molecule has 2 aromatic heterocycles. The number of aromatic nitrogens is 1. The van der Waals surface area contributed by atoms with Gasteiger partial charge in [-0.2, -0.15) is 4.31 Å². The number of rotatable bonds is 3. The summed E-state index contributed by atoms with van der Waals surface area (Å²) in [7, 11) is -1.81. The highest BCUT2D eigenvalue weighted by atomic mass is 32.2. The number of nitrogens with zero attached hydrogens (tertiary/aromatic N) is 3. The Bertz CT molecular complexity index is 890. The molecule has 9 heteroatoms. The third-order valence-corrected chi connectivity index (χ3v) is 8.53. The Morgan fingerprint density at radius 1 is 1.28 bits per heavy atom. The Hall–Kier alpha value is -1.71. The second kappa shape index (κ2) is 5.93. The molecule has 2 fully saturated rings. The Balaban J connectivity index is 1.59. The number of carbonyl (C=O) groups excluding carboxylic acids is 1. The summed E-state index contributed by atoms with van der Waals surface area (Å²) in [6.45, 7) is 1.41. The maximum Gasteiger partial charge on any atom is 0.252 e. The second-order valence-electron chi connectivity index (χ2n) is 6.68. The molecular formula is C16H19N3O4S2. The van der Waals surface area contributed by atoms with Gasteiger partial charge in [0.05, 0.1) is 16.5 Å². The molecule has 1 atom stereocenters. The van der Waals surface area contributed by atoms with Crippen LogP contribution in [0.3, 0.4) is 0 Å². The highest BCUT2D eigenvalue weighted by Gasteiger charge is 2.50. The molecule has 2 saturated heterocycles. The molecule has 0 N–H and O–H groups in total. The molecule has 4 heterocycles. The minimum absolute atomic E-state index is 0.0741. The summed E-state index contributed by atoms with van der Waals surface area (Å²) < 4.78 is 33.0. The number of thiophene rings is 1. The second-order valence-corrected chi connectivity index (χ2v) is 9.93. The van der Waals surface area contributed by atoms with E-state index in [1.807, 2.05) is 0 Å². The molecule has 2 aliphatic rings. The Kier molecular flexibility index (Phi) is 3.97. The van der Waals surface area contributed by atoms with Crippen LogP contribution in [-0.4, -0.2) is 55.2 Å². The van der Waals surface area contributed by atoms with E-state index in [2.05, 4.69) is 4.98 Å². The molecule has 0 radical (unpaired) electrons. The van der Waals surface area contributed by atoms with Crippen LogP contribution in [0.25, 0.3) is 10.6 Å². The van der Waals surface area contributed by atoms with Crippen molar-refractivity contribution in [1.82, 2.24) is 14.2 Å². The fourth-order valence-corrected chi connectivity index (χ4v) is 6.68. The van der Waals surface area contributed by atoms with Crippen molar-refractivity contribution in [2.45, 2.75) is 23.5 Å². The molecule has 0 saturated carbocycles. The summed E-state index contributed by atoms with van der Waals surface area (Å²) in [6.07, 6.45) is 5.15. The smallest absolute Gasteiger partial charge is 0.252 e. The van der Waals surface area contributed by atoms with E-state index in [1.54, 1.807) is 30.3 Å². The number of likely N-dealkylation sites (tertiary alicyclic amines) is 1. The first kappa shape index (κ1) is 16.7. The number of hydrogen-bond donors (Lipinski definition) is 0. The van der Waals surface area contributed by atoms with Gasteiger partial charge in [0.2, 0.25) is 5.91 Å². The van der Waals surface area contributed by atoms with Gasteiger partial charge in [-0.3, -0.25) is 4.79 Å². The summed E-state index contributed by atoms with van der Waals surface area (Å²) in [4.78, 5) is 18.9. The van der Waals surface area contributed by atoms with Crippen LogP contribution >= 0.6 is 11.3 Å². The van der Waals surface area contributed by atoms with Crippen LogP contribution in [0.1, 0.15) is 19.3 Å². The third kappa shape index (κ3) is 2.70. The number of piperidine rings is 1. The van der Waals surface area contributed by atoms with Crippen LogP contribution in [0.2, 0.25) is 0 Å². The fourth-order valence-electron chi connectivity index (χ4n) is 3.74. The largest absolute Gasteiger partial charge is 0.443 e. The van der Waals surface area contributed by atoms with Gasteiger partial charge in [0.25, 0.3) is 10.0 Å².